The molecule has 0 fully saturated rings. The van der Waals surface area contributed by atoms with Crippen molar-refractivity contribution in [3.05, 3.63) is 0 Å². The molecule has 0 aliphatic heterocycles. The fraction of sp³-hybridized carbons (Fsp3) is 0. The number of phosphoric acid groups is 1. The van der Waals surface area contributed by atoms with Crippen LogP contribution in [-0.2, 0) is 9.03 Å². The maximum Gasteiger partial charge on any atom is 1.00 e. The molecule has 18 heavy (non-hydrogen) atoms. The summed E-state index contributed by atoms with van der Waals surface area (Å²) in [7, 11) is -7.77. The number of hydrogen-bond acceptors (Lipinski definition) is 3. The molecule has 0 aliphatic rings. The van der Waals surface area contributed by atoms with Crippen molar-refractivity contribution < 1.29 is 203 Å². The first-order valence-corrected chi connectivity index (χ1v) is 4.95. The number of hydrogen-bond donors (Lipinski definition) is 7. The molecule has 0 saturated heterocycles. The predicted molar refractivity (Wildman–Crippen MR) is 41.4 cm³/mol. The largest absolute Gasteiger partial charge is 1.00 e. The Morgan fingerprint density at radius 2 is 0.889 bits per heavy atom. The van der Waals surface area contributed by atoms with Crippen molar-refractivity contribution in [3.8, 4) is 0 Å². The van der Waals surface area contributed by atoms with Crippen LogP contribution in [0.5, 0.6) is 0 Å². The molecule has 17 heteroatoms. The van der Waals surface area contributed by atoms with Crippen molar-refractivity contribution in [3.63, 3.8) is 0 Å². The van der Waals surface area contributed by atoms with Crippen LogP contribution in [0.25, 0.3) is 0 Å². The molecule has 0 unspecified atom stereocenters. The van der Waals surface area contributed by atoms with Crippen LogP contribution in [0, 0.1) is 0 Å². The van der Waals surface area contributed by atoms with Crippen LogP contribution < -0.4 is 148 Å². The van der Waals surface area contributed by atoms with E-state index in [1.165, 1.54) is 0 Å². The number of carboxylic acid groups (broad SMARTS) is 2. The second-order valence-electron chi connectivity index (χ2n) is 1.08. The van der Waals surface area contributed by atoms with E-state index in [4.69, 9.17) is 48.3 Å². The van der Waals surface area contributed by atoms with Gasteiger partial charge in [0.15, 0.2) is 0 Å². The molecular weight excluding hydrogens is 346 g/mol. The molecule has 0 radical (unpaired) electrons. The average molecular weight is 358 g/mol. The van der Waals surface area contributed by atoms with E-state index in [0.717, 1.165) is 0 Å². The van der Waals surface area contributed by atoms with Crippen LogP contribution in [0.1, 0.15) is 7.13 Å². The Hall–Kier alpha value is 4.00. The minimum absolute atomic E-state index is 0. The molecule has 0 rings (SSSR count). The molecule has 0 aromatic carbocycles. The van der Waals surface area contributed by atoms with Gasteiger partial charge in [0, 0.05) is 0 Å². The molecule has 0 aromatic heterocycles. The molecular formula is CH12Na5O10PSi. The molecule has 0 bridgehead atoms. The molecule has 0 heterocycles. The summed E-state index contributed by atoms with van der Waals surface area (Å²) < 4.78 is 17.6. The molecule has 7 N–H and O–H groups in total. The maximum atomic E-state index is 8.88. The zero-order valence-electron chi connectivity index (χ0n) is 15.8. The van der Waals surface area contributed by atoms with Gasteiger partial charge in [-0.3, -0.25) is 4.46 Å². The van der Waals surface area contributed by atoms with Crippen LogP contribution in [0.2, 0.25) is 0 Å². The van der Waals surface area contributed by atoms with Crippen molar-refractivity contribution in [1.82, 2.24) is 0 Å². The van der Waals surface area contributed by atoms with E-state index in [2.05, 4.69) is 0 Å². The minimum Gasteiger partial charge on any atom is -1.00 e. The third-order valence-corrected chi connectivity index (χ3v) is 0. The van der Waals surface area contributed by atoms with Gasteiger partial charge in [0.1, 0.15) is 0 Å². The van der Waals surface area contributed by atoms with Gasteiger partial charge < -0.3 is 41.6 Å². The van der Waals surface area contributed by atoms with Gasteiger partial charge in [-0.1, -0.05) is 0 Å². The number of carbonyl (C=O) groups is 1. The Kier molecular flexibility index (Phi) is 90.2. The van der Waals surface area contributed by atoms with Gasteiger partial charge in [-0.15, -0.1) is 0 Å². The quantitative estimate of drug-likeness (QED) is 0.161. The van der Waals surface area contributed by atoms with Crippen molar-refractivity contribution in [1.29, 1.82) is 0 Å². The van der Waals surface area contributed by atoms with Gasteiger partial charge in [0.25, 0.3) is 0 Å². The molecule has 0 amide bonds. The Balaban J connectivity index is -0.00000000489. The van der Waals surface area contributed by atoms with E-state index in [9.17, 15) is 0 Å². The average Bonchev–Trinajstić information content (AvgIpc) is 1.50. The van der Waals surface area contributed by atoms with E-state index in [-0.39, 0.29) is 155 Å². The van der Waals surface area contributed by atoms with Crippen molar-refractivity contribution in [2.75, 3.05) is 0 Å². The first-order valence-electron chi connectivity index (χ1n) is 2.09. The van der Waals surface area contributed by atoms with Crippen LogP contribution in [0.4, 0.5) is 4.79 Å². The van der Waals surface area contributed by atoms with E-state index >= 15 is 0 Å². The second-order valence-corrected chi connectivity index (χ2v) is 2.67. The third kappa shape index (κ3) is 452. The van der Waals surface area contributed by atoms with Gasteiger partial charge in [-0.05, 0) is 0 Å². The van der Waals surface area contributed by atoms with Gasteiger partial charge >= 0.3 is 171 Å². The first kappa shape index (κ1) is 49.5. The van der Waals surface area contributed by atoms with Crippen LogP contribution in [0.3, 0.4) is 0 Å². The zero-order valence-corrected chi connectivity index (χ0v) is 22.7. The topological polar surface area (TPSA) is 193 Å². The van der Waals surface area contributed by atoms with Gasteiger partial charge in [-0.25, -0.2) is 9.36 Å². The van der Waals surface area contributed by atoms with Gasteiger partial charge in [0.05, 0.1) is 0 Å². The van der Waals surface area contributed by atoms with Crippen molar-refractivity contribution >= 4 is 23.1 Å². The normalized spacial score (nSPS) is 5.94. The number of rotatable bonds is 0. The van der Waals surface area contributed by atoms with Crippen LogP contribution >= 0.6 is 7.82 Å². The van der Waals surface area contributed by atoms with E-state index in [0.29, 0.717) is 0 Å². The third-order valence-electron chi connectivity index (χ3n) is 0. The molecule has 0 saturated carbocycles. The Bertz CT molecular complexity index is 196. The Morgan fingerprint density at radius 3 is 0.889 bits per heavy atom. The smallest absolute Gasteiger partial charge is 1.00 e. The molecule has 0 spiro atoms. The molecule has 90 valence electrons. The Labute approximate surface area is 222 Å². The van der Waals surface area contributed by atoms with E-state index in [1.54, 1.807) is 0 Å². The molecule has 0 aromatic rings. The Morgan fingerprint density at radius 1 is 0.889 bits per heavy atom. The standard InChI is InChI=1S/CH2O3.5Na.H3O4P.H2O3Si.5H/c2-1(3)4;;;;;;1-5(2,3)4;1-4(2)3;;;;;/h(H2,2,3,4);;;;;;(H3,1,2,3,4);1-2H;;;;;/q;5*+1;;;5*-1. The van der Waals surface area contributed by atoms with Gasteiger partial charge in [0.2, 0.25) is 0 Å². The maximum absolute atomic E-state index is 8.88. The summed E-state index contributed by atoms with van der Waals surface area (Å²) in [6.07, 6.45) is -1.83. The monoisotopic (exact) mass is 358 g/mol. The summed E-state index contributed by atoms with van der Waals surface area (Å²) in [5.74, 6) is 0. The summed E-state index contributed by atoms with van der Waals surface area (Å²) >= 11 is 0. The summed E-state index contributed by atoms with van der Waals surface area (Å²) in [4.78, 5) is 44.4. The summed E-state index contributed by atoms with van der Waals surface area (Å²) in [6, 6.07) is 0. The SMILES string of the molecule is O=C(O)O.O=P(O)(O)O.O=[Si](O)O.[H-].[H-].[H-].[H-].[H-].[Na+].[Na+].[Na+].[Na+].[Na+]. The summed E-state index contributed by atoms with van der Waals surface area (Å²) in [6.45, 7) is 0. The molecule has 0 aliphatic carbocycles. The fourth-order valence-electron chi connectivity index (χ4n) is 0. The summed E-state index contributed by atoms with van der Waals surface area (Å²) in [5.41, 5.74) is 0. The zero-order chi connectivity index (χ0) is 11.7. The molecule has 0 atom stereocenters. The van der Waals surface area contributed by atoms with E-state index in [1.807, 2.05) is 0 Å². The van der Waals surface area contributed by atoms with Gasteiger partial charge in [-0.2, -0.15) is 0 Å². The summed E-state index contributed by atoms with van der Waals surface area (Å²) in [5, 5.41) is 13.9. The van der Waals surface area contributed by atoms with Crippen LogP contribution in [-0.4, -0.2) is 49.8 Å². The van der Waals surface area contributed by atoms with Crippen molar-refractivity contribution in [2.45, 2.75) is 0 Å². The first-order chi connectivity index (χ1) is 5.46. The van der Waals surface area contributed by atoms with Crippen LogP contribution in [0.15, 0.2) is 0 Å². The fourth-order valence-corrected chi connectivity index (χ4v) is 0. The van der Waals surface area contributed by atoms with E-state index < -0.39 is 23.1 Å². The molecule has 10 nitrogen and oxygen atoms in total. The minimum atomic E-state index is -4.64. The second kappa shape index (κ2) is 32.8. The van der Waals surface area contributed by atoms with Crippen molar-refractivity contribution in [2.24, 2.45) is 0 Å². The predicted octanol–water partition coefficient (Wildman–Crippen LogP) is -16.7.